The van der Waals surface area contributed by atoms with Gasteiger partial charge >= 0.3 is 23.8 Å². The summed E-state index contributed by atoms with van der Waals surface area (Å²) in [7, 11) is 0. The third-order valence-electron chi connectivity index (χ3n) is 7.22. The standard InChI is InChI=1S/C22H28F4O6/c1-13(2)16(27)32-20-7-14-4-15(8-20)6-19(5-14,9-20)17(28)29-10-18(3)30-11-21(23,24)22(25,26)12-31-18/h14-15H,1,4-12H2,2-3H3. The van der Waals surface area contributed by atoms with Gasteiger partial charge in [0, 0.05) is 12.0 Å². The fraction of sp³-hybridized carbons (Fsp3) is 0.818. The maximum Gasteiger partial charge on any atom is 0.335 e. The fourth-order valence-corrected chi connectivity index (χ4v) is 5.99. The Morgan fingerprint density at radius 2 is 1.53 bits per heavy atom. The minimum atomic E-state index is -4.39. The van der Waals surface area contributed by atoms with E-state index in [0.29, 0.717) is 32.1 Å². The summed E-state index contributed by atoms with van der Waals surface area (Å²) >= 11 is 0. The molecule has 2 atom stereocenters. The summed E-state index contributed by atoms with van der Waals surface area (Å²) in [5.74, 6) is -11.4. The van der Waals surface area contributed by atoms with Crippen LogP contribution in [0.15, 0.2) is 12.2 Å². The molecule has 5 rings (SSSR count). The number of alkyl halides is 4. The summed E-state index contributed by atoms with van der Waals surface area (Å²) in [5.41, 5.74) is -1.36. The quantitative estimate of drug-likeness (QED) is 0.348. The van der Waals surface area contributed by atoms with Crippen molar-refractivity contribution in [2.45, 2.75) is 75.6 Å². The molecule has 5 aliphatic rings. The van der Waals surface area contributed by atoms with Crippen LogP contribution in [0.5, 0.6) is 0 Å². The molecule has 0 aromatic rings. The number of carbonyl (C=O) groups excluding carboxylic acids is 2. The lowest BCUT2D eigenvalue weighted by molar-refractivity contribution is -0.254. The number of rotatable bonds is 5. The molecule has 2 unspecified atom stereocenters. The number of carbonyl (C=O) groups is 2. The zero-order valence-electron chi connectivity index (χ0n) is 18.2. The lowest BCUT2D eigenvalue weighted by Gasteiger charge is -2.59. The SMILES string of the molecule is C=C(C)C(=O)OC12CC3CC(C1)CC(C(=O)OCC1(C)OCC(F)(F)C(F)(F)CO1)(C3)C2. The van der Waals surface area contributed by atoms with Gasteiger partial charge in [-0.2, -0.15) is 17.6 Å². The topological polar surface area (TPSA) is 71.1 Å². The van der Waals surface area contributed by atoms with Crippen molar-refractivity contribution in [1.29, 1.82) is 0 Å². The van der Waals surface area contributed by atoms with Crippen molar-refractivity contribution in [2.24, 2.45) is 17.3 Å². The first-order chi connectivity index (χ1) is 14.7. The first kappa shape index (κ1) is 23.5. The Balaban J connectivity index is 1.45. The monoisotopic (exact) mass is 464 g/mol. The normalized spacial score (nSPS) is 38.6. The van der Waals surface area contributed by atoms with Gasteiger partial charge in [0.15, 0.2) is 0 Å². The molecule has 1 saturated heterocycles. The molecule has 180 valence electrons. The van der Waals surface area contributed by atoms with Gasteiger partial charge in [-0.15, -0.1) is 0 Å². The molecule has 4 aliphatic carbocycles. The molecule has 4 bridgehead atoms. The molecule has 0 aromatic carbocycles. The largest absolute Gasteiger partial charge is 0.460 e. The van der Waals surface area contributed by atoms with Crippen molar-refractivity contribution >= 4 is 11.9 Å². The third-order valence-corrected chi connectivity index (χ3v) is 7.22. The van der Waals surface area contributed by atoms with Crippen LogP contribution in [0.25, 0.3) is 0 Å². The molecular formula is C22H28F4O6. The van der Waals surface area contributed by atoms with E-state index in [9.17, 15) is 27.2 Å². The molecule has 0 aromatic heterocycles. The van der Waals surface area contributed by atoms with Gasteiger partial charge in [-0.1, -0.05) is 6.58 Å². The number of esters is 2. The summed E-state index contributed by atoms with van der Waals surface area (Å²) in [6, 6.07) is 0. The van der Waals surface area contributed by atoms with Crippen molar-refractivity contribution in [3.63, 3.8) is 0 Å². The Morgan fingerprint density at radius 1 is 1.00 bits per heavy atom. The first-order valence-electron chi connectivity index (χ1n) is 10.8. The second kappa shape index (κ2) is 7.41. The molecule has 0 spiro atoms. The molecule has 0 amide bonds. The molecule has 32 heavy (non-hydrogen) atoms. The van der Waals surface area contributed by atoms with Crippen LogP contribution < -0.4 is 0 Å². The minimum Gasteiger partial charge on any atom is -0.460 e. The molecule has 10 heteroatoms. The van der Waals surface area contributed by atoms with Gasteiger partial charge in [0.1, 0.15) is 25.4 Å². The highest BCUT2D eigenvalue weighted by Gasteiger charge is 2.64. The Kier molecular flexibility index (Phi) is 5.44. The molecule has 6 nitrogen and oxygen atoms in total. The van der Waals surface area contributed by atoms with E-state index in [1.165, 1.54) is 6.92 Å². The molecule has 5 fully saturated rings. The summed E-state index contributed by atoms with van der Waals surface area (Å²) < 4.78 is 75.4. The maximum absolute atomic E-state index is 13.6. The van der Waals surface area contributed by atoms with Crippen LogP contribution in [0.1, 0.15) is 52.4 Å². The fourth-order valence-electron chi connectivity index (χ4n) is 5.99. The van der Waals surface area contributed by atoms with E-state index in [1.54, 1.807) is 6.92 Å². The molecular weight excluding hydrogens is 436 g/mol. The van der Waals surface area contributed by atoms with Crippen molar-refractivity contribution in [1.82, 2.24) is 0 Å². The Morgan fingerprint density at radius 3 is 2.03 bits per heavy atom. The van der Waals surface area contributed by atoms with E-state index in [1.807, 2.05) is 0 Å². The third kappa shape index (κ3) is 4.04. The Hall–Kier alpha value is -1.68. The first-order valence-corrected chi connectivity index (χ1v) is 10.8. The van der Waals surface area contributed by atoms with E-state index in [-0.39, 0.29) is 17.4 Å². The van der Waals surface area contributed by atoms with Gasteiger partial charge in [-0.25, -0.2) is 4.79 Å². The zero-order chi connectivity index (χ0) is 23.6. The lowest BCUT2D eigenvalue weighted by atomic mass is 9.48. The lowest BCUT2D eigenvalue weighted by Crippen LogP contribution is -2.60. The van der Waals surface area contributed by atoms with Crippen molar-refractivity contribution in [3.8, 4) is 0 Å². The van der Waals surface area contributed by atoms with E-state index < -0.39 is 60.4 Å². The van der Waals surface area contributed by atoms with Gasteiger partial charge in [-0.3, -0.25) is 4.79 Å². The predicted molar refractivity (Wildman–Crippen MR) is 102 cm³/mol. The molecule has 0 radical (unpaired) electrons. The van der Waals surface area contributed by atoms with Gasteiger partial charge < -0.3 is 18.9 Å². The summed E-state index contributed by atoms with van der Waals surface area (Å²) in [6.07, 6.45) is 3.73. The van der Waals surface area contributed by atoms with Crippen LogP contribution in [0.4, 0.5) is 17.6 Å². The van der Waals surface area contributed by atoms with Gasteiger partial charge in [0.2, 0.25) is 5.79 Å². The van der Waals surface area contributed by atoms with E-state index in [2.05, 4.69) is 6.58 Å². The number of hydrogen-bond donors (Lipinski definition) is 0. The van der Waals surface area contributed by atoms with Gasteiger partial charge in [0.05, 0.1) is 5.41 Å². The maximum atomic E-state index is 13.6. The number of ether oxygens (including phenoxy) is 4. The van der Waals surface area contributed by atoms with E-state index in [4.69, 9.17) is 18.9 Å². The second-order valence-electron chi connectivity index (χ2n) is 10.3. The summed E-state index contributed by atoms with van der Waals surface area (Å²) in [4.78, 5) is 25.4. The van der Waals surface area contributed by atoms with Crippen molar-refractivity contribution in [2.75, 3.05) is 19.8 Å². The van der Waals surface area contributed by atoms with Crippen LogP contribution in [-0.2, 0) is 28.5 Å². The predicted octanol–water partition coefficient (Wildman–Crippen LogP) is 4.02. The zero-order valence-corrected chi connectivity index (χ0v) is 18.2. The van der Waals surface area contributed by atoms with Crippen LogP contribution in [0.3, 0.4) is 0 Å². The van der Waals surface area contributed by atoms with Crippen LogP contribution in [-0.4, -0.2) is 55.0 Å². The Labute approximate surface area is 183 Å². The number of hydrogen-bond acceptors (Lipinski definition) is 6. The van der Waals surface area contributed by atoms with Crippen LogP contribution in [0, 0.1) is 17.3 Å². The second-order valence-corrected chi connectivity index (χ2v) is 10.3. The molecule has 1 aliphatic heterocycles. The Bertz CT molecular complexity index is 793. The number of halogens is 4. The van der Waals surface area contributed by atoms with Gasteiger partial charge in [0.25, 0.3) is 0 Å². The van der Waals surface area contributed by atoms with Crippen molar-refractivity contribution < 1.29 is 46.1 Å². The highest BCUT2D eigenvalue weighted by atomic mass is 19.3. The minimum absolute atomic E-state index is 0.195. The smallest absolute Gasteiger partial charge is 0.335 e. The summed E-state index contributed by atoms with van der Waals surface area (Å²) in [6.45, 7) is 2.66. The van der Waals surface area contributed by atoms with Crippen LogP contribution >= 0.6 is 0 Å². The highest BCUT2D eigenvalue weighted by Crippen LogP contribution is 2.63. The summed E-state index contributed by atoms with van der Waals surface area (Å²) in [5, 5.41) is 0. The van der Waals surface area contributed by atoms with E-state index >= 15 is 0 Å². The molecule has 1 heterocycles. The highest BCUT2D eigenvalue weighted by molar-refractivity contribution is 5.87. The van der Waals surface area contributed by atoms with Crippen LogP contribution in [0.2, 0.25) is 0 Å². The van der Waals surface area contributed by atoms with Crippen molar-refractivity contribution in [3.05, 3.63) is 12.2 Å². The van der Waals surface area contributed by atoms with Gasteiger partial charge in [-0.05, 0) is 57.8 Å². The molecule has 4 saturated carbocycles. The molecule has 0 N–H and O–H groups in total. The van der Waals surface area contributed by atoms with E-state index in [0.717, 1.165) is 6.42 Å². The average Bonchev–Trinajstić information content (AvgIpc) is 2.75. The average molecular weight is 464 g/mol.